The summed E-state index contributed by atoms with van der Waals surface area (Å²) in [5, 5.41) is 20.0. The number of allylic oxidation sites excluding steroid dienone is 2. The summed E-state index contributed by atoms with van der Waals surface area (Å²) in [4.78, 5) is 17.0. The van der Waals surface area contributed by atoms with Crippen LogP contribution < -0.4 is 20.7 Å². The number of carbonyl (C=O) groups excluding carboxylic acids is 1. The SMILES string of the molecule is CNC(=O)C1(Oc2ccc3nc(N[C@@H]4CCCC[C@H]4O)sc3c2)C=CC=CN1. The molecule has 1 unspecified atom stereocenters. The van der Waals surface area contributed by atoms with Gasteiger partial charge in [-0.2, -0.15) is 0 Å². The number of aromatic nitrogens is 1. The standard InChI is InChI=1S/C20H24N4O3S/c1-21-18(26)20(10-4-5-11-22-20)27-13-8-9-15-17(12-13)28-19(24-15)23-14-6-2-3-7-16(14)25/h4-5,8-12,14,16,22,25H,2-3,6-7H2,1H3,(H,21,26)(H,23,24)/t14-,16-,20?/m1/s1. The lowest BCUT2D eigenvalue weighted by Gasteiger charge is -2.31. The molecule has 2 aromatic rings. The molecule has 148 valence electrons. The van der Waals surface area contributed by atoms with Crippen LogP contribution in [0.1, 0.15) is 25.7 Å². The minimum Gasteiger partial charge on any atom is -0.455 e. The van der Waals surface area contributed by atoms with Crippen LogP contribution in [0.4, 0.5) is 5.13 Å². The zero-order valence-electron chi connectivity index (χ0n) is 15.6. The molecule has 4 rings (SSSR count). The summed E-state index contributed by atoms with van der Waals surface area (Å²) < 4.78 is 6.99. The number of benzene rings is 1. The molecular weight excluding hydrogens is 376 g/mol. The Balaban J connectivity index is 1.55. The van der Waals surface area contributed by atoms with Gasteiger partial charge in [0.25, 0.3) is 11.6 Å². The molecule has 1 aromatic carbocycles. The maximum Gasteiger partial charge on any atom is 0.289 e. The molecule has 3 atom stereocenters. The second kappa shape index (κ2) is 7.81. The Morgan fingerprint density at radius 1 is 1.36 bits per heavy atom. The first-order valence-corrected chi connectivity index (χ1v) is 10.3. The van der Waals surface area contributed by atoms with Crippen molar-refractivity contribution >= 4 is 32.6 Å². The van der Waals surface area contributed by atoms with Gasteiger partial charge in [-0.1, -0.05) is 30.3 Å². The van der Waals surface area contributed by atoms with Crippen molar-refractivity contribution in [1.29, 1.82) is 0 Å². The van der Waals surface area contributed by atoms with Crippen LogP contribution in [0.3, 0.4) is 0 Å². The van der Waals surface area contributed by atoms with Crippen molar-refractivity contribution < 1.29 is 14.6 Å². The molecule has 1 saturated carbocycles. The van der Waals surface area contributed by atoms with Crippen LogP contribution in [0.25, 0.3) is 10.2 Å². The summed E-state index contributed by atoms with van der Waals surface area (Å²) >= 11 is 1.52. The molecular formula is C20H24N4O3S. The van der Waals surface area contributed by atoms with Crippen LogP contribution in [0, 0.1) is 0 Å². The predicted molar refractivity (Wildman–Crippen MR) is 110 cm³/mol. The fraction of sp³-hybridized carbons (Fsp3) is 0.400. The molecule has 1 aromatic heterocycles. The van der Waals surface area contributed by atoms with Crippen molar-refractivity contribution in [1.82, 2.24) is 15.6 Å². The molecule has 2 aliphatic rings. The minimum absolute atomic E-state index is 0.0462. The van der Waals surface area contributed by atoms with Crippen LogP contribution >= 0.6 is 11.3 Å². The maximum absolute atomic E-state index is 12.4. The van der Waals surface area contributed by atoms with Gasteiger partial charge < -0.3 is 25.8 Å². The van der Waals surface area contributed by atoms with E-state index in [2.05, 4.69) is 20.9 Å². The average Bonchev–Trinajstić information content (AvgIpc) is 3.11. The quantitative estimate of drug-likeness (QED) is 0.616. The number of thiazole rings is 1. The van der Waals surface area contributed by atoms with E-state index in [4.69, 9.17) is 4.74 Å². The topological polar surface area (TPSA) is 95.5 Å². The number of rotatable bonds is 5. The van der Waals surface area contributed by atoms with E-state index < -0.39 is 5.72 Å². The first kappa shape index (κ1) is 18.8. The van der Waals surface area contributed by atoms with Crippen LogP contribution in [-0.4, -0.2) is 40.9 Å². The first-order valence-electron chi connectivity index (χ1n) is 9.48. The number of hydrogen-bond acceptors (Lipinski definition) is 7. The van der Waals surface area contributed by atoms with Gasteiger partial charge in [-0.05, 0) is 43.2 Å². The van der Waals surface area contributed by atoms with Gasteiger partial charge in [-0.15, -0.1) is 0 Å². The Bertz CT molecular complexity index is 925. The van der Waals surface area contributed by atoms with Crippen LogP contribution in [0.15, 0.2) is 42.6 Å². The molecule has 28 heavy (non-hydrogen) atoms. The van der Waals surface area contributed by atoms with E-state index >= 15 is 0 Å². The van der Waals surface area contributed by atoms with Crippen LogP contribution in [-0.2, 0) is 4.79 Å². The van der Waals surface area contributed by atoms with E-state index in [1.54, 1.807) is 37.5 Å². The molecule has 0 saturated heterocycles. The minimum atomic E-state index is -1.28. The summed E-state index contributed by atoms with van der Waals surface area (Å²) in [7, 11) is 1.57. The molecule has 1 amide bonds. The first-order chi connectivity index (χ1) is 13.6. The van der Waals surface area contributed by atoms with Crippen molar-refractivity contribution in [3.63, 3.8) is 0 Å². The Labute approximate surface area is 167 Å². The van der Waals surface area contributed by atoms with Gasteiger partial charge in [-0.25, -0.2) is 4.98 Å². The lowest BCUT2D eigenvalue weighted by molar-refractivity contribution is -0.134. The highest BCUT2D eigenvalue weighted by atomic mass is 32.1. The van der Waals surface area contributed by atoms with Gasteiger partial charge in [-0.3, -0.25) is 4.79 Å². The number of amides is 1. The van der Waals surface area contributed by atoms with Crippen molar-refractivity contribution in [2.45, 2.75) is 43.6 Å². The van der Waals surface area contributed by atoms with E-state index in [-0.39, 0.29) is 18.1 Å². The summed E-state index contributed by atoms with van der Waals surface area (Å²) in [6.45, 7) is 0. The number of aliphatic hydroxyl groups excluding tert-OH is 1. The zero-order chi connectivity index (χ0) is 19.6. The summed E-state index contributed by atoms with van der Waals surface area (Å²) in [5.41, 5.74) is -0.430. The van der Waals surface area contributed by atoms with Crippen molar-refractivity contribution in [3.8, 4) is 5.75 Å². The zero-order valence-corrected chi connectivity index (χ0v) is 16.5. The third-order valence-corrected chi connectivity index (χ3v) is 6.03. The fourth-order valence-electron chi connectivity index (χ4n) is 3.56. The number of likely N-dealkylation sites (N-methyl/N-ethyl adjacent to an activating group) is 1. The highest BCUT2D eigenvalue weighted by Crippen LogP contribution is 2.32. The van der Waals surface area contributed by atoms with Gasteiger partial charge in [0, 0.05) is 13.2 Å². The largest absolute Gasteiger partial charge is 0.455 e. The number of nitrogens with zero attached hydrogens (tertiary/aromatic N) is 1. The summed E-state index contributed by atoms with van der Waals surface area (Å²) in [5.74, 6) is 0.280. The molecule has 4 N–H and O–H groups in total. The number of hydrogen-bond donors (Lipinski definition) is 4. The molecule has 0 spiro atoms. The lowest BCUT2D eigenvalue weighted by atomic mass is 9.93. The van der Waals surface area contributed by atoms with Crippen LogP contribution in [0.2, 0.25) is 0 Å². The Morgan fingerprint density at radius 3 is 2.96 bits per heavy atom. The van der Waals surface area contributed by atoms with Gasteiger partial charge >= 0.3 is 0 Å². The lowest BCUT2D eigenvalue weighted by Crippen LogP contribution is -2.58. The van der Waals surface area contributed by atoms with Crippen molar-refractivity contribution in [2.75, 3.05) is 12.4 Å². The van der Waals surface area contributed by atoms with Crippen molar-refractivity contribution in [3.05, 3.63) is 42.6 Å². The van der Waals surface area contributed by atoms with Gasteiger partial charge in [0.15, 0.2) is 5.13 Å². The Kier molecular flexibility index (Phi) is 5.23. The number of ether oxygens (including phenoxy) is 1. The molecule has 1 fully saturated rings. The molecule has 0 bridgehead atoms. The second-order valence-corrected chi connectivity index (χ2v) is 8.06. The highest BCUT2D eigenvalue weighted by Gasteiger charge is 2.38. The number of anilines is 1. The van der Waals surface area contributed by atoms with E-state index in [1.165, 1.54) is 11.3 Å². The maximum atomic E-state index is 12.4. The molecule has 8 heteroatoms. The molecule has 0 radical (unpaired) electrons. The Morgan fingerprint density at radius 2 is 2.21 bits per heavy atom. The number of aliphatic hydroxyl groups is 1. The third kappa shape index (κ3) is 3.70. The molecule has 7 nitrogen and oxygen atoms in total. The summed E-state index contributed by atoms with van der Waals surface area (Å²) in [6, 6.07) is 5.61. The van der Waals surface area contributed by atoms with Gasteiger partial charge in [0.2, 0.25) is 0 Å². The van der Waals surface area contributed by atoms with E-state index in [9.17, 15) is 9.90 Å². The molecule has 2 heterocycles. The third-order valence-electron chi connectivity index (χ3n) is 5.08. The molecule has 1 aliphatic heterocycles. The number of fused-ring (bicyclic) bond motifs is 1. The van der Waals surface area contributed by atoms with Gasteiger partial charge in [0.1, 0.15) is 5.75 Å². The van der Waals surface area contributed by atoms with E-state index in [0.717, 1.165) is 41.0 Å². The smallest absolute Gasteiger partial charge is 0.289 e. The number of dihydropyridines is 1. The Hall–Kier alpha value is -2.58. The van der Waals surface area contributed by atoms with Crippen molar-refractivity contribution in [2.24, 2.45) is 0 Å². The van der Waals surface area contributed by atoms with Gasteiger partial charge in [0.05, 0.1) is 22.4 Å². The predicted octanol–water partition coefficient (Wildman–Crippen LogP) is 2.51. The second-order valence-electron chi connectivity index (χ2n) is 7.03. The highest BCUT2D eigenvalue weighted by molar-refractivity contribution is 7.22. The monoisotopic (exact) mass is 400 g/mol. The van der Waals surface area contributed by atoms with E-state index in [1.807, 2.05) is 12.1 Å². The summed E-state index contributed by atoms with van der Waals surface area (Å²) in [6.07, 6.45) is 10.6. The average molecular weight is 401 g/mol. The number of carbonyl (C=O) groups is 1. The molecule has 1 aliphatic carbocycles. The normalized spacial score (nSPS) is 26.6. The van der Waals surface area contributed by atoms with Crippen LogP contribution in [0.5, 0.6) is 5.75 Å². The number of nitrogens with one attached hydrogen (secondary N) is 3. The van der Waals surface area contributed by atoms with E-state index in [0.29, 0.717) is 5.75 Å². The fourth-order valence-corrected chi connectivity index (χ4v) is 4.51.